The van der Waals surface area contributed by atoms with Crippen LogP contribution in [0.1, 0.15) is 37.6 Å². The Morgan fingerprint density at radius 2 is 2.00 bits per heavy atom. The zero-order valence-corrected chi connectivity index (χ0v) is 25.5. The van der Waals surface area contributed by atoms with E-state index >= 15 is 4.39 Å². The molecule has 47 heavy (non-hydrogen) atoms. The van der Waals surface area contributed by atoms with Crippen LogP contribution in [0.4, 0.5) is 19.0 Å². The molecule has 3 N–H and O–H groups in total. The van der Waals surface area contributed by atoms with Crippen LogP contribution in [0.25, 0.3) is 44.0 Å². The maximum absolute atomic E-state index is 16.7. The van der Waals surface area contributed by atoms with Crippen molar-refractivity contribution in [2.75, 3.05) is 25.0 Å². The summed E-state index contributed by atoms with van der Waals surface area (Å²) in [5.74, 6) is -0.612. The molecular weight excluding hydrogens is 609 g/mol. The number of hydrogen-bond acceptors (Lipinski definition) is 9. The first-order valence-electron chi connectivity index (χ1n) is 15.7. The monoisotopic (exact) mass is 640 g/mol. The van der Waals surface area contributed by atoms with Crippen molar-refractivity contribution in [3.8, 4) is 23.0 Å². The molecule has 8 rings (SSSR count). The normalized spacial score (nSPS) is 19.6. The van der Waals surface area contributed by atoms with E-state index in [2.05, 4.69) is 40.1 Å². The minimum Gasteiger partial charge on any atom is -0.508 e. The summed E-state index contributed by atoms with van der Waals surface area (Å²) in [6.07, 6.45) is 6.41. The van der Waals surface area contributed by atoms with Crippen molar-refractivity contribution in [3.05, 3.63) is 71.9 Å². The van der Waals surface area contributed by atoms with Crippen molar-refractivity contribution in [2.45, 2.75) is 50.9 Å². The van der Waals surface area contributed by atoms with Gasteiger partial charge in [-0.15, -0.1) is 0 Å². The van der Waals surface area contributed by atoms with Crippen LogP contribution in [0.15, 0.2) is 48.9 Å². The van der Waals surface area contributed by atoms with Crippen molar-refractivity contribution in [1.29, 1.82) is 0 Å². The molecule has 0 radical (unpaired) electrons. The Kier molecular flexibility index (Phi) is 7.08. The van der Waals surface area contributed by atoms with E-state index in [9.17, 15) is 13.9 Å². The number of aromatic nitrogens is 6. The van der Waals surface area contributed by atoms with Crippen LogP contribution < -0.4 is 10.1 Å². The number of H-pyrrole nitrogens is 1. The standard InChI is InChI=1S/C34H31F3N8O2/c1-2-22-25(36)5-4-18-10-21(46)11-23(27(18)22)29-28(37)30-24(14-40-29)32(41-15-26-39-13-19-6-8-38-31(19)42-26)44-33(43-30)47-17-34-7-3-9-45(34)16-20(35)12-34/h4-6,8,10-11,13-14,20,46H,2-3,7,9,12,15-17H2,1H3,(H,38,39,42)(H,41,43,44)/t20-,34+/m1/s1. The lowest BCUT2D eigenvalue weighted by molar-refractivity contribution is 0.107. The lowest BCUT2D eigenvalue weighted by Crippen LogP contribution is -2.43. The van der Waals surface area contributed by atoms with E-state index in [1.165, 1.54) is 24.4 Å². The van der Waals surface area contributed by atoms with Gasteiger partial charge in [-0.2, -0.15) is 9.97 Å². The van der Waals surface area contributed by atoms with Crippen LogP contribution in [0.3, 0.4) is 0 Å². The summed E-state index contributed by atoms with van der Waals surface area (Å²) in [4.78, 5) is 27.7. The maximum atomic E-state index is 16.7. The first kappa shape index (κ1) is 29.4. The second-order valence-corrected chi connectivity index (χ2v) is 12.3. The molecule has 0 spiro atoms. The van der Waals surface area contributed by atoms with Crippen molar-refractivity contribution >= 4 is 38.5 Å². The molecule has 6 heterocycles. The lowest BCUT2D eigenvalue weighted by Gasteiger charge is -2.30. The zero-order valence-electron chi connectivity index (χ0n) is 25.5. The Labute approximate surface area is 267 Å². The molecule has 2 atom stereocenters. The number of aryl methyl sites for hydroxylation is 1. The number of ether oxygens (including phenoxy) is 1. The second kappa shape index (κ2) is 11.3. The number of phenolic OH excluding ortho intramolecular Hbond substituents is 1. The molecule has 6 aromatic rings. The molecule has 13 heteroatoms. The SMILES string of the molecule is CCc1c(F)ccc2cc(O)cc(-c3ncc4c(NCc5ncc6cc[nH]c6n5)nc(OC[C@@]56CCCN5C[C@H](F)C6)nc4c3F)c12. The van der Waals surface area contributed by atoms with Gasteiger partial charge >= 0.3 is 6.01 Å². The van der Waals surface area contributed by atoms with Crippen molar-refractivity contribution in [3.63, 3.8) is 0 Å². The Balaban J connectivity index is 1.23. The van der Waals surface area contributed by atoms with Crippen molar-refractivity contribution < 1.29 is 23.0 Å². The van der Waals surface area contributed by atoms with Gasteiger partial charge in [-0.3, -0.25) is 9.88 Å². The lowest BCUT2D eigenvalue weighted by atomic mass is 9.94. The number of halogens is 3. The van der Waals surface area contributed by atoms with Gasteiger partial charge in [0.05, 0.1) is 17.5 Å². The minimum absolute atomic E-state index is 0.0789. The number of nitrogens with zero attached hydrogens (tertiary/aromatic N) is 6. The third-order valence-electron chi connectivity index (χ3n) is 9.42. The largest absolute Gasteiger partial charge is 0.508 e. The minimum atomic E-state index is -0.938. The molecule has 0 aliphatic carbocycles. The number of rotatable bonds is 8. The fourth-order valence-electron chi connectivity index (χ4n) is 7.23. The fraction of sp³-hybridized carbons (Fsp3) is 0.324. The number of anilines is 1. The zero-order chi connectivity index (χ0) is 32.3. The summed E-state index contributed by atoms with van der Waals surface area (Å²) in [5, 5.41) is 15.9. The molecule has 2 aromatic carbocycles. The average Bonchev–Trinajstić information content (AvgIpc) is 3.77. The molecule has 2 fully saturated rings. The number of benzene rings is 2. The molecule has 2 aliphatic rings. The van der Waals surface area contributed by atoms with E-state index in [1.54, 1.807) is 18.5 Å². The van der Waals surface area contributed by atoms with Gasteiger partial charge in [-0.25, -0.2) is 23.1 Å². The third kappa shape index (κ3) is 5.05. The van der Waals surface area contributed by atoms with Gasteiger partial charge in [0, 0.05) is 42.5 Å². The van der Waals surface area contributed by atoms with E-state index in [1.807, 2.05) is 13.0 Å². The Morgan fingerprint density at radius 1 is 1.11 bits per heavy atom. The quantitative estimate of drug-likeness (QED) is 0.178. The molecular formula is C34H31F3N8O2. The highest BCUT2D eigenvalue weighted by molar-refractivity contribution is 6.01. The van der Waals surface area contributed by atoms with Crippen LogP contribution in [0.5, 0.6) is 11.8 Å². The van der Waals surface area contributed by atoms with Gasteiger partial charge in [-0.1, -0.05) is 13.0 Å². The van der Waals surface area contributed by atoms with Gasteiger partial charge < -0.3 is 20.1 Å². The molecule has 240 valence electrons. The molecule has 4 aromatic heterocycles. The molecule has 0 unspecified atom stereocenters. The van der Waals surface area contributed by atoms with Crippen molar-refractivity contribution in [1.82, 2.24) is 34.8 Å². The van der Waals surface area contributed by atoms with Gasteiger partial charge in [0.25, 0.3) is 0 Å². The molecule has 2 saturated heterocycles. The number of aromatic hydroxyl groups is 1. The molecule has 10 nitrogen and oxygen atoms in total. The summed E-state index contributed by atoms with van der Waals surface area (Å²) in [6.45, 7) is 3.28. The van der Waals surface area contributed by atoms with Gasteiger partial charge in [0.1, 0.15) is 52.8 Å². The van der Waals surface area contributed by atoms with E-state index < -0.39 is 23.3 Å². The highest BCUT2D eigenvalue weighted by Gasteiger charge is 2.49. The van der Waals surface area contributed by atoms with Crippen LogP contribution in [0, 0.1) is 11.6 Å². The Bertz CT molecular complexity index is 2180. The predicted molar refractivity (Wildman–Crippen MR) is 171 cm³/mol. The highest BCUT2D eigenvalue weighted by atomic mass is 19.1. The van der Waals surface area contributed by atoms with Crippen LogP contribution in [-0.2, 0) is 13.0 Å². The number of fused-ring (bicyclic) bond motifs is 4. The first-order valence-corrected chi connectivity index (χ1v) is 15.7. The second-order valence-electron chi connectivity index (χ2n) is 12.3. The Hall–Kier alpha value is -5.04. The van der Waals surface area contributed by atoms with Crippen molar-refractivity contribution in [2.24, 2.45) is 0 Å². The van der Waals surface area contributed by atoms with Crippen LogP contribution in [-0.4, -0.2) is 71.3 Å². The van der Waals surface area contributed by atoms with Crippen LogP contribution in [0.2, 0.25) is 0 Å². The number of phenols is 1. The van der Waals surface area contributed by atoms with E-state index in [0.29, 0.717) is 47.2 Å². The summed E-state index contributed by atoms with van der Waals surface area (Å²) >= 11 is 0. The van der Waals surface area contributed by atoms with Gasteiger partial charge in [-0.05, 0) is 66.4 Å². The van der Waals surface area contributed by atoms with E-state index in [-0.39, 0.29) is 52.9 Å². The smallest absolute Gasteiger partial charge is 0.319 e. The molecule has 0 bridgehead atoms. The summed E-state index contributed by atoms with van der Waals surface area (Å²) < 4.78 is 52.3. The summed E-state index contributed by atoms with van der Waals surface area (Å²) in [5.41, 5.74) is 0.647. The molecule has 0 saturated carbocycles. The van der Waals surface area contributed by atoms with Gasteiger partial charge in [0.2, 0.25) is 0 Å². The third-order valence-corrected chi connectivity index (χ3v) is 9.42. The summed E-state index contributed by atoms with van der Waals surface area (Å²) in [7, 11) is 0. The molecule has 0 amide bonds. The summed E-state index contributed by atoms with van der Waals surface area (Å²) in [6, 6.07) is 7.56. The average molecular weight is 641 g/mol. The van der Waals surface area contributed by atoms with E-state index in [4.69, 9.17) is 4.74 Å². The Morgan fingerprint density at radius 3 is 2.87 bits per heavy atom. The number of alkyl halides is 1. The number of aromatic amines is 1. The topological polar surface area (TPSA) is 125 Å². The first-order chi connectivity index (χ1) is 22.8. The number of hydrogen-bond donors (Lipinski definition) is 3. The van der Waals surface area contributed by atoms with E-state index in [0.717, 1.165) is 24.8 Å². The molecule has 2 aliphatic heterocycles. The fourth-order valence-corrected chi connectivity index (χ4v) is 7.23. The van der Waals surface area contributed by atoms with Gasteiger partial charge in [0.15, 0.2) is 5.82 Å². The number of pyridine rings is 1. The highest BCUT2D eigenvalue weighted by Crippen LogP contribution is 2.41. The number of nitrogens with one attached hydrogen (secondary N) is 2. The van der Waals surface area contributed by atoms with Crippen LogP contribution >= 0.6 is 0 Å². The predicted octanol–water partition coefficient (Wildman–Crippen LogP) is 6.23. The maximum Gasteiger partial charge on any atom is 0.319 e.